The largest absolute Gasteiger partial charge is 0.459 e. The van der Waals surface area contributed by atoms with Crippen molar-refractivity contribution in [3.63, 3.8) is 0 Å². The standard InChI is InChI=1S/C58H105ClN4O18S/c1-16-36-23-37(52(71)62-42(34(9)59)48-45(67)44(66)46(68)55(80-48)82-15)27-63(26-36)21-18-39(64)60-19-20-61-41-29(4)24-56(11,73)51(81-54-43(65)28(3)22-30(5)76-54)32(7)47(79-40-25-57(12,75-14)50(70)35(10)77-40)33(8)53(72)78-38(17-2)58(13,74)49(69)31(41)6/h28-38,40-51,54-55,61,65-70,73-74H,16-27H2,1-15H3,(H,60,64)(H,62,71)/t28?,29-,30?,31+,32+,33-,34?,35?,36?,37?,38-,40?,41+,42?,43?,44-,45-,46?,47+,48?,49-,50?,51-,54?,55-,56-,57?,58-/m1/s1. The van der Waals surface area contributed by atoms with E-state index < -0.39 is 155 Å². The van der Waals surface area contributed by atoms with Crippen molar-refractivity contribution in [1.82, 2.24) is 20.9 Å². The van der Waals surface area contributed by atoms with Crippen molar-refractivity contribution >= 4 is 41.1 Å². The van der Waals surface area contributed by atoms with Crippen LogP contribution in [0.3, 0.4) is 0 Å². The van der Waals surface area contributed by atoms with E-state index in [0.29, 0.717) is 32.5 Å². The first kappa shape index (κ1) is 71.2. The van der Waals surface area contributed by atoms with E-state index in [4.69, 9.17) is 44.8 Å². The van der Waals surface area contributed by atoms with Crippen molar-refractivity contribution in [1.29, 1.82) is 0 Å². The minimum Gasteiger partial charge on any atom is -0.459 e. The minimum atomic E-state index is -1.98. The summed E-state index contributed by atoms with van der Waals surface area (Å²) in [6, 6.07) is -1.53. The van der Waals surface area contributed by atoms with Crippen molar-refractivity contribution in [2.24, 2.45) is 41.4 Å². The number of alkyl halides is 1. The summed E-state index contributed by atoms with van der Waals surface area (Å²) in [4.78, 5) is 44.2. The number of rotatable bonds is 19. The molecule has 5 aliphatic heterocycles. The first-order valence-corrected chi connectivity index (χ1v) is 31.7. The predicted molar refractivity (Wildman–Crippen MR) is 308 cm³/mol. The van der Waals surface area contributed by atoms with Gasteiger partial charge in [-0.15, -0.1) is 23.4 Å². The number of likely N-dealkylation sites (tertiary alicyclic amines) is 1. The number of ether oxygens (including phenoxy) is 7. The Labute approximate surface area is 496 Å². The molecule has 0 aromatic rings. The van der Waals surface area contributed by atoms with Gasteiger partial charge in [-0.3, -0.25) is 14.4 Å². The van der Waals surface area contributed by atoms with Crippen LogP contribution in [0.5, 0.6) is 0 Å². The predicted octanol–water partition coefficient (Wildman–Crippen LogP) is 2.02. The molecule has 0 aliphatic carbocycles. The van der Waals surface area contributed by atoms with Gasteiger partial charge in [0.25, 0.3) is 0 Å². The number of hydrogen-bond donors (Lipinski definition) is 11. The summed E-state index contributed by atoms with van der Waals surface area (Å²) in [5, 5.41) is 101. The molecule has 5 aliphatic rings. The van der Waals surface area contributed by atoms with E-state index in [0.717, 1.165) is 6.42 Å². The number of nitrogens with one attached hydrogen (secondary N) is 3. The second-order valence-corrected chi connectivity index (χ2v) is 27.2. The monoisotopic (exact) mass is 1210 g/mol. The number of amides is 2. The van der Waals surface area contributed by atoms with Crippen LogP contribution < -0.4 is 16.0 Å². The topological polar surface area (TPSA) is 317 Å². The molecule has 2 amide bonds. The Morgan fingerprint density at radius 2 is 1.50 bits per heavy atom. The zero-order valence-corrected chi connectivity index (χ0v) is 52.9. The third kappa shape index (κ3) is 17.2. The molecule has 478 valence electrons. The number of aliphatic hydroxyl groups excluding tert-OH is 6. The van der Waals surface area contributed by atoms with Gasteiger partial charge in [0.15, 0.2) is 12.6 Å². The zero-order valence-electron chi connectivity index (χ0n) is 51.3. The zero-order chi connectivity index (χ0) is 61.5. The molecular formula is C58H105ClN4O18S. The molecule has 11 N–H and O–H groups in total. The molecule has 5 rings (SSSR count). The van der Waals surface area contributed by atoms with E-state index in [1.165, 1.54) is 25.8 Å². The lowest BCUT2D eigenvalue weighted by molar-refractivity contribution is -0.318. The Hall–Kier alpha value is -1.59. The number of carbonyl (C=O) groups is 3. The number of nitrogens with zero attached hydrogens (tertiary/aromatic N) is 1. The van der Waals surface area contributed by atoms with Crippen molar-refractivity contribution in [3.8, 4) is 0 Å². The Balaban J connectivity index is 1.34. The first-order valence-electron chi connectivity index (χ1n) is 30.0. The van der Waals surface area contributed by atoms with Gasteiger partial charge in [0.1, 0.15) is 53.8 Å². The van der Waals surface area contributed by atoms with Gasteiger partial charge in [-0.05, 0) is 98.2 Å². The van der Waals surface area contributed by atoms with Crippen molar-refractivity contribution in [2.75, 3.05) is 46.1 Å². The van der Waals surface area contributed by atoms with Gasteiger partial charge in [0.2, 0.25) is 11.8 Å². The fourth-order valence-corrected chi connectivity index (χ4v) is 14.5. The third-order valence-corrected chi connectivity index (χ3v) is 19.9. The fourth-order valence-electron chi connectivity index (χ4n) is 13.6. The Bertz CT molecular complexity index is 2020. The minimum absolute atomic E-state index is 0.0219. The van der Waals surface area contributed by atoms with E-state index in [1.807, 2.05) is 20.8 Å². The summed E-state index contributed by atoms with van der Waals surface area (Å²) in [7, 11) is 1.49. The quantitative estimate of drug-likeness (QED) is 0.0501. The van der Waals surface area contributed by atoms with Crippen molar-refractivity contribution in [3.05, 3.63) is 0 Å². The van der Waals surface area contributed by atoms with Gasteiger partial charge in [-0.25, -0.2) is 0 Å². The van der Waals surface area contributed by atoms with Crippen LogP contribution in [-0.2, 0) is 47.5 Å². The van der Waals surface area contributed by atoms with Crippen molar-refractivity contribution < 1.29 is 88.4 Å². The van der Waals surface area contributed by atoms with Gasteiger partial charge in [-0.1, -0.05) is 48.0 Å². The molecule has 28 atom stereocenters. The average Bonchev–Trinajstić information content (AvgIpc) is 3.49. The number of cyclic esters (lactones) is 1. The second kappa shape index (κ2) is 30.6. The van der Waals surface area contributed by atoms with Gasteiger partial charge in [-0.2, -0.15) is 0 Å². The van der Waals surface area contributed by atoms with E-state index >= 15 is 0 Å². The lowest BCUT2D eigenvalue weighted by atomic mass is 9.72. The highest BCUT2D eigenvalue weighted by atomic mass is 35.5. The van der Waals surface area contributed by atoms with Crippen LogP contribution in [0.4, 0.5) is 0 Å². The molecule has 22 nitrogen and oxygen atoms in total. The molecule has 5 saturated heterocycles. The molecular weight excluding hydrogens is 1110 g/mol. The van der Waals surface area contributed by atoms with Crippen LogP contribution in [0.25, 0.3) is 0 Å². The second-order valence-electron chi connectivity index (χ2n) is 25.6. The van der Waals surface area contributed by atoms with Crippen LogP contribution in [0, 0.1) is 41.4 Å². The van der Waals surface area contributed by atoms with Gasteiger partial charge < -0.3 is 94.9 Å². The van der Waals surface area contributed by atoms with E-state index in [9.17, 15) is 55.2 Å². The van der Waals surface area contributed by atoms with Gasteiger partial charge >= 0.3 is 5.97 Å². The maximum absolute atomic E-state index is 14.6. The van der Waals surface area contributed by atoms with Gasteiger partial charge in [0.05, 0.1) is 65.0 Å². The number of thioether (sulfide) groups is 1. The van der Waals surface area contributed by atoms with Crippen LogP contribution in [0.2, 0.25) is 0 Å². The molecule has 24 heteroatoms. The maximum atomic E-state index is 14.6. The summed E-state index contributed by atoms with van der Waals surface area (Å²) in [6.45, 7) is 24.6. The highest BCUT2D eigenvalue weighted by Gasteiger charge is 2.54. The SMILES string of the molecule is CCC1CC(C(=O)NC(C(C)Cl)C2O[C@H](SC)C(O)[C@H](O)[C@H]2O)CN(CCC(=O)NCCN[C@@H]2[C@H](C)[C@@H](O)[C@](C)(O)[C@@H](CC)OC(=O)[C@H](C)[C@@H](OC3CC(C)(OC)C(O)C(C)O3)[C@H](C)[C@@H](OC3OC(C)CC(C)C3O)[C@](C)(O)C[C@H]2C)C1. The molecule has 0 spiro atoms. The summed E-state index contributed by atoms with van der Waals surface area (Å²) in [5.41, 5.74) is -5.68. The molecule has 5 fully saturated rings. The summed E-state index contributed by atoms with van der Waals surface area (Å²) in [5.74, 6) is -4.99. The summed E-state index contributed by atoms with van der Waals surface area (Å²) < 4.78 is 43.9. The van der Waals surface area contributed by atoms with Crippen LogP contribution in [0.1, 0.15) is 135 Å². The average molecular weight is 1210 g/mol. The number of methoxy groups -OCH3 is 1. The number of piperidine rings is 1. The summed E-state index contributed by atoms with van der Waals surface area (Å²) in [6.07, 6.45) is -11.7. The Morgan fingerprint density at radius 3 is 2.11 bits per heavy atom. The molecule has 0 radical (unpaired) electrons. The van der Waals surface area contributed by atoms with E-state index in [2.05, 4.69) is 27.8 Å². The maximum Gasteiger partial charge on any atom is 0.311 e. The molecule has 82 heavy (non-hydrogen) atoms. The number of halogens is 1. The third-order valence-electron chi connectivity index (χ3n) is 18.8. The van der Waals surface area contributed by atoms with Crippen LogP contribution >= 0.6 is 23.4 Å². The lowest BCUT2D eigenvalue weighted by Gasteiger charge is -2.49. The number of aliphatic hydroxyl groups is 8. The van der Waals surface area contributed by atoms with Crippen LogP contribution in [0.15, 0.2) is 0 Å². The van der Waals surface area contributed by atoms with Crippen LogP contribution in [-0.4, -0.2) is 235 Å². The highest BCUT2D eigenvalue weighted by molar-refractivity contribution is 7.99. The lowest BCUT2D eigenvalue weighted by Crippen LogP contribution is -2.65. The Morgan fingerprint density at radius 1 is 0.829 bits per heavy atom. The fraction of sp³-hybridized carbons (Fsp3) is 0.948. The molecule has 5 heterocycles. The van der Waals surface area contributed by atoms with E-state index in [-0.39, 0.29) is 68.5 Å². The normalized spacial score (nSPS) is 45.8. The molecule has 0 bridgehead atoms. The number of hydrogen-bond acceptors (Lipinski definition) is 21. The number of carbonyl (C=O) groups excluding carboxylic acids is 3. The molecule has 0 aromatic heterocycles. The number of esters is 1. The first-order chi connectivity index (χ1) is 38.3. The highest BCUT2D eigenvalue weighted by Crippen LogP contribution is 2.42. The van der Waals surface area contributed by atoms with E-state index in [1.54, 1.807) is 61.6 Å². The van der Waals surface area contributed by atoms with Gasteiger partial charge in [0, 0.05) is 70.6 Å². The molecule has 0 saturated carbocycles. The molecule has 14 unspecified atom stereocenters. The Kier molecular flexibility index (Phi) is 26.5. The summed E-state index contributed by atoms with van der Waals surface area (Å²) >= 11 is 7.75. The smallest absolute Gasteiger partial charge is 0.311 e. The van der Waals surface area contributed by atoms with Crippen molar-refractivity contribution in [2.45, 2.75) is 260 Å². The molecule has 0 aromatic carbocycles.